The van der Waals surface area contributed by atoms with Crippen LogP contribution in [-0.2, 0) is 0 Å². The Morgan fingerprint density at radius 2 is 2.00 bits per heavy atom. The summed E-state index contributed by atoms with van der Waals surface area (Å²) >= 11 is 5.71. The van der Waals surface area contributed by atoms with Crippen molar-refractivity contribution in [2.24, 2.45) is 0 Å². The van der Waals surface area contributed by atoms with Crippen molar-refractivity contribution in [3.8, 4) is 18.1 Å². The Morgan fingerprint density at radius 1 is 1.31 bits per heavy atom. The number of unbranched alkanes of at least 4 members (excludes halogenated alkanes) is 1. The molecule has 0 fully saturated rings. The minimum Gasteiger partial charge on any atom is -0.494 e. The molecule has 0 atom stereocenters. The Bertz CT molecular complexity index is 284. The fourth-order valence-corrected chi connectivity index (χ4v) is 1.02. The molecule has 0 radical (unpaired) electrons. The summed E-state index contributed by atoms with van der Waals surface area (Å²) < 4.78 is 5.41. The summed E-state index contributed by atoms with van der Waals surface area (Å²) in [6.07, 6.45) is 6.75. The molecule has 1 rings (SSSR count). The maximum Gasteiger partial charge on any atom is 0.119 e. The van der Waals surface area contributed by atoms with E-state index in [1.165, 1.54) is 0 Å². The second-order valence-electron chi connectivity index (χ2n) is 2.61. The van der Waals surface area contributed by atoms with Crippen LogP contribution in [0.4, 0.5) is 0 Å². The summed E-state index contributed by atoms with van der Waals surface area (Å²) in [4.78, 5) is 0. The van der Waals surface area contributed by atoms with Crippen LogP contribution < -0.4 is 4.74 Å². The molecule has 0 aliphatic rings. The van der Waals surface area contributed by atoms with E-state index < -0.39 is 0 Å². The highest BCUT2D eigenvalue weighted by Crippen LogP contribution is 2.15. The van der Waals surface area contributed by atoms with E-state index in [9.17, 15) is 0 Å². The second-order valence-corrected chi connectivity index (χ2v) is 3.05. The van der Waals surface area contributed by atoms with Crippen molar-refractivity contribution in [3.05, 3.63) is 29.3 Å². The van der Waals surface area contributed by atoms with E-state index in [1.807, 2.05) is 12.1 Å². The van der Waals surface area contributed by atoms with Gasteiger partial charge in [0.1, 0.15) is 5.75 Å². The summed E-state index contributed by atoms with van der Waals surface area (Å²) in [6, 6.07) is 7.30. The van der Waals surface area contributed by atoms with Gasteiger partial charge in [0.15, 0.2) is 0 Å². The summed E-state index contributed by atoms with van der Waals surface area (Å²) in [5.74, 6) is 3.40. The fraction of sp³-hybridized carbons (Fsp3) is 0.273. The Morgan fingerprint density at radius 3 is 2.62 bits per heavy atom. The number of benzene rings is 1. The molecule has 1 aromatic rings. The zero-order valence-electron chi connectivity index (χ0n) is 7.29. The lowest BCUT2D eigenvalue weighted by Crippen LogP contribution is -1.95. The number of halogens is 1. The van der Waals surface area contributed by atoms with Crippen molar-refractivity contribution in [1.82, 2.24) is 0 Å². The molecule has 0 unspecified atom stereocenters. The molecule has 0 saturated carbocycles. The van der Waals surface area contributed by atoms with E-state index in [-0.39, 0.29) is 0 Å². The third kappa shape index (κ3) is 3.87. The second kappa shape index (κ2) is 5.50. The molecule has 0 saturated heterocycles. The van der Waals surface area contributed by atoms with Crippen LogP contribution in [0.15, 0.2) is 24.3 Å². The molecule has 0 N–H and O–H groups in total. The predicted molar refractivity (Wildman–Crippen MR) is 55.0 cm³/mol. The van der Waals surface area contributed by atoms with Crippen molar-refractivity contribution in [2.75, 3.05) is 6.61 Å². The quantitative estimate of drug-likeness (QED) is 0.529. The van der Waals surface area contributed by atoms with Crippen LogP contribution in [0.1, 0.15) is 12.8 Å². The standard InChI is InChI=1S/C11H11ClO/c1-2-3-4-9-13-11-7-5-10(12)6-8-11/h1,5-8H,3-4,9H2. The highest BCUT2D eigenvalue weighted by atomic mass is 35.5. The molecule has 0 heterocycles. The third-order valence-corrected chi connectivity index (χ3v) is 1.80. The highest BCUT2D eigenvalue weighted by molar-refractivity contribution is 6.30. The minimum absolute atomic E-state index is 0.659. The van der Waals surface area contributed by atoms with Crippen LogP contribution in [0.25, 0.3) is 0 Å². The zero-order chi connectivity index (χ0) is 9.52. The number of ether oxygens (including phenoxy) is 1. The number of hydrogen-bond acceptors (Lipinski definition) is 1. The van der Waals surface area contributed by atoms with Gasteiger partial charge in [-0.15, -0.1) is 12.3 Å². The normalized spacial score (nSPS) is 9.23. The Balaban J connectivity index is 2.30. The largest absolute Gasteiger partial charge is 0.494 e. The molecule has 0 aliphatic heterocycles. The van der Waals surface area contributed by atoms with Crippen molar-refractivity contribution < 1.29 is 4.74 Å². The fourth-order valence-electron chi connectivity index (χ4n) is 0.895. The highest BCUT2D eigenvalue weighted by Gasteiger charge is 1.92. The summed E-state index contributed by atoms with van der Waals surface area (Å²) in [5, 5.41) is 0.718. The first kappa shape index (κ1) is 9.95. The lowest BCUT2D eigenvalue weighted by molar-refractivity contribution is 0.313. The Labute approximate surface area is 83.7 Å². The molecule has 1 aromatic carbocycles. The average Bonchev–Trinajstić information content (AvgIpc) is 2.15. The van der Waals surface area contributed by atoms with Gasteiger partial charge in [0.25, 0.3) is 0 Å². The molecule has 1 nitrogen and oxygen atoms in total. The van der Waals surface area contributed by atoms with Crippen molar-refractivity contribution in [2.45, 2.75) is 12.8 Å². The van der Waals surface area contributed by atoms with Gasteiger partial charge in [0.2, 0.25) is 0 Å². The van der Waals surface area contributed by atoms with Gasteiger partial charge < -0.3 is 4.74 Å². The van der Waals surface area contributed by atoms with Crippen molar-refractivity contribution in [3.63, 3.8) is 0 Å². The van der Waals surface area contributed by atoms with Gasteiger partial charge in [-0.05, 0) is 30.7 Å². The van der Waals surface area contributed by atoms with Crippen LogP contribution >= 0.6 is 11.6 Å². The summed E-state index contributed by atoms with van der Waals surface area (Å²) in [5.41, 5.74) is 0. The topological polar surface area (TPSA) is 9.23 Å². The lowest BCUT2D eigenvalue weighted by Gasteiger charge is -2.03. The molecule has 13 heavy (non-hydrogen) atoms. The molecule has 0 bridgehead atoms. The zero-order valence-corrected chi connectivity index (χ0v) is 8.05. The predicted octanol–water partition coefficient (Wildman–Crippen LogP) is 3.13. The van der Waals surface area contributed by atoms with Gasteiger partial charge in [0.05, 0.1) is 6.61 Å². The van der Waals surface area contributed by atoms with E-state index >= 15 is 0 Å². The van der Waals surface area contributed by atoms with Gasteiger partial charge in [-0.3, -0.25) is 0 Å². The smallest absolute Gasteiger partial charge is 0.119 e. The molecule has 0 aliphatic carbocycles. The van der Waals surface area contributed by atoms with E-state index in [4.69, 9.17) is 22.8 Å². The third-order valence-electron chi connectivity index (χ3n) is 1.55. The summed E-state index contributed by atoms with van der Waals surface area (Å²) in [6.45, 7) is 0.659. The van der Waals surface area contributed by atoms with E-state index in [2.05, 4.69) is 5.92 Å². The van der Waals surface area contributed by atoms with Gasteiger partial charge in [-0.25, -0.2) is 0 Å². The first-order valence-electron chi connectivity index (χ1n) is 4.15. The van der Waals surface area contributed by atoms with Gasteiger partial charge in [-0.2, -0.15) is 0 Å². The number of terminal acetylenes is 1. The van der Waals surface area contributed by atoms with Crippen LogP contribution in [0.2, 0.25) is 5.02 Å². The van der Waals surface area contributed by atoms with Crippen LogP contribution in [-0.4, -0.2) is 6.61 Å². The number of hydrogen-bond donors (Lipinski definition) is 0. The van der Waals surface area contributed by atoms with Gasteiger partial charge in [0, 0.05) is 11.4 Å². The SMILES string of the molecule is C#CCCCOc1ccc(Cl)cc1. The Kier molecular flexibility index (Phi) is 4.21. The van der Waals surface area contributed by atoms with Crippen LogP contribution in [0.3, 0.4) is 0 Å². The Hall–Kier alpha value is -1.13. The number of rotatable bonds is 4. The van der Waals surface area contributed by atoms with Crippen molar-refractivity contribution >= 4 is 11.6 Å². The first-order valence-corrected chi connectivity index (χ1v) is 4.52. The molecule has 0 aromatic heterocycles. The minimum atomic E-state index is 0.659. The first-order chi connectivity index (χ1) is 6.33. The van der Waals surface area contributed by atoms with E-state index in [0.717, 1.165) is 23.6 Å². The van der Waals surface area contributed by atoms with Gasteiger partial charge in [-0.1, -0.05) is 11.6 Å². The van der Waals surface area contributed by atoms with Crippen LogP contribution in [0, 0.1) is 12.3 Å². The molecule has 0 spiro atoms. The van der Waals surface area contributed by atoms with E-state index in [1.54, 1.807) is 12.1 Å². The maximum atomic E-state index is 5.71. The van der Waals surface area contributed by atoms with Crippen LogP contribution in [0.5, 0.6) is 5.75 Å². The van der Waals surface area contributed by atoms with Gasteiger partial charge >= 0.3 is 0 Å². The monoisotopic (exact) mass is 194 g/mol. The molecular formula is C11H11ClO. The lowest BCUT2D eigenvalue weighted by atomic mass is 10.3. The molecular weight excluding hydrogens is 184 g/mol. The molecule has 68 valence electrons. The van der Waals surface area contributed by atoms with Crippen molar-refractivity contribution in [1.29, 1.82) is 0 Å². The maximum absolute atomic E-state index is 5.71. The summed E-state index contributed by atoms with van der Waals surface area (Å²) in [7, 11) is 0. The molecule has 0 amide bonds. The molecule has 2 heteroatoms. The van der Waals surface area contributed by atoms with E-state index in [0.29, 0.717) is 6.61 Å². The average molecular weight is 195 g/mol.